The molecule has 4 heterocycles. The van der Waals surface area contributed by atoms with Crippen LogP contribution >= 0.6 is 0 Å². The minimum atomic E-state index is -1.06. The van der Waals surface area contributed by atoms with Crippen molar-refractivity contribution >= 4 is 23.1 Å². The molecule has 0 amide bonds. The number of nitrogens with zero attached hydrogens (tertiary/aromatic N) is 4. The summed E-state index contributed by atoms with van der Waals surface area (Å²) in [5.41, 5.74) is 5.93. The van der Waals surface area contributed by atoms with Gasteiger partial charge in [-0.05, 0) is 6.92 Å². The Labute approximate surface area is 166 Å². The van der Waals surface area contributed by atoms with Crippen molar-refractivity contribution in [3.05, 3.63) is 34.5 Å². The van der Waals surface area contributed by atoms with E-state index in [1.807, 2.05) is 0 Å². The SMILES string of the molecule is Cc1oc(=O)oc1COC(=O)OC[C@H]1O[C@@H](n2cnc3c(N)nc(F)nc32)C[C@@H]1O. The molecule has 0 saturated carbocycles. The van der Waals surface area contributed by atoms with E-state index in [0.717, 1.165) is 0 Å². The van der Waals surface area contributed by atoms with Crippen molar-refractivity contribution in [1.82, 2.24) is 19.5 Å². The third kappa shape index (κ3) is 3.81. The van der Waals surface area contributed by atoms with Crippen molar-refractivity contribution in [2.75, 3.05) is 12.3 Å². The van der Waals surface area contributed by atoms with Gasteiger partial charge in [-0.15, -0.1) is 0 Å². The first-order chi connectivity index (χ1) is 14.3. The molecule has 3 atom stereocenters. The molecule has 160 valence electrons. The number of halogens is 1. The Balaban J connectivity index is 1.35. The van der Waals surface area contributed by atoms with E-state index in [0.29, 0.717) is 0 Å². The van der Waals surface area contributed by atoms with Gasteiger partial charge in [0.05, 0.1) is 12.4 Å². The second kappa shape index (κ2) is 7.72. The van der Waals surface area contributed by atoms with Crippen LogP contribution in [0.4, 0.5) is 15.0 Å². The average molecular weight is 425 g/mol. The van der Waals surface area contributed by atoms with Crippen molar-refractivity contribution in [1.29, 1.82) is 0 Å². The predicted molar refractivity (Wildman–Crippen MR) is 92.3 cm³/mol. The first-order valence-corrected chi connectivity index (χ1v) is 8.70. The molecular weight excluding hydrogens is 409 g/mol. The topological polar surface area (TPSA) is 178 Å². The number of imidazole rings is 1. The smallest absolute Gasteiger partial charge is 0.431 e. The highest BCUT2D eigenvalue weighted by atomic mass is 19.1. The van der Waals surface area contributed by atoms with Crippen molar-refractivity contribution in [3.8, 4) is 0 Å². The summed E-state index contributed by atoms with van der Waals surface area (Å²) in [5, 5.41) is 10.2. The lowest BCUT2D eigenvalue weighted by Gasteiger charge is -2.15. The maximum Gasteiger partial charge on any atom is 0.519 e. The number of rotatable bonds is 5. The van der Waals surface area contributed by atoms with Gasteiger partial charge >= 0.3 is 18.1 Å². The molecule has 1 saturated heterocycles. The molecule has 30 heavy (non-hydrogen) atoms. The van der Waals surface area contributed by atoms with E-state index in [1.165, 1.54) is 17.8 Å². The zero-order valence-corrected chi connectivity index (χ0v) is 15.5. The summed E-state index contributed by atoms with van der Waals surface area (Å²) in [5.74, 6) is -0.804. The Morgan fingerprint density at radius 1 is 1.40 bits per heavy atom. The molecule has 1 aliphatic heterocycles. The van der Waals surface area contributed by atoms with Gasteiger partial charge in [-0.1, -0.05) is 0 Å². The first-order valence-electron chi connectivity index (χ1n) is 8.70. The summed E-state index contributed by atoms with van der Waals surface area (Å²) in [6, 6.07) is 0. The third-order valence-corrected chi connectivity index (χ3v) is 4.46. The molecule has 0 bridgehead atoms. The molecular formula is C16H16FN5O8. The van der Waals surface area contributed by atoms with Crippen LogP contribution in [-0.2, 0) is 20.8 Å². The molecule has 3 N–H and O–H groups in total. The van der Waals surface area contributed by atoms with Gasteiger partial charge in [0.15, 0.2) is 35.1 Å². The van der Waals surface area contributed by atoms with Gasteiger partial charge in [-0.3, -0.25) is 4.57 Å². The molecule has 0 spiro atoms. The molecule has 0 aliphatic carbocycles. The summed E-state index contributed by atoms with van der Waals surface area (Å²) >= 11 is 0. The number of carbonyl (C=O) groups excluding carboxylic acids is 1. The van der Waals surface area contributed by atoms with Gasteiger partial charge in [0, 0.05) is 6.42 Å². The van der Waals surface area contributed by atoms with E-state index in [2.05, 4.69) is 19.4 Å². The number of carbonyl (C=O) groups is 1. The molecule has 1 aliphatic rings. The van der Waals surface area contributed by atoms with Crippen LogP contribution in [0.5, 0.6) is 0 Å². The third-order valence-electron chi connectivity index (χ3n) is 4.46. The van der Waals surface area contributed by atoms with Gasteiger partial charge in [-0.2, -0.15) is 14.4 Å². The maximum absolute atomic E-state index is 13.5. The fourth-order valence-electron chi connectivity index (χ4n) is 2.98. The molecule has 3 aromatic rings. The van der Waals surface area contributed by atoms with Crippen LogP contribution in [0.25, 0.3) is 11.2 Å². The Hall–Kier alpha value is -3.52. The zero-order chi connectivity index (χ0) is 21.4. The van der Waals surface area contributed by atoms with Crippen LogP contribution in [0.3, 0.4) is 0 Å². The minimum absolute atomic E-state index is 0.0506. The standard InChI is InChI=1S/C16H16FN5O8/c1-6-8(30-16(25)28-6)3-26-15(24)27-4-9-7(23)2-10(29-9)22-5-19-11-12(18)20-14(17)21-13(11)22/h5,7,9-10,23H,2-4H2,1H3,(H2,18,20,21)/t7-,9+,10+/m0/s1. The normalized spacial score (nSPS) is 21.2. The Morgan fingerprint density at radius 2 is 2.20 bits per heavy atom. The zero-order valence-electron chi connectivity index (χ0n) is 15.5. The molecule has 1 fully saturated rings. The highest BCUT2D eigenvalue weighted by molar-refractivity contribution is 5.81. The highest BCUT2D eigenvalue weighted by Gasteiger charge is 2.37. The van der Waals surface area contributed by atoms with Crippen LogP contribution in [0.15, 0.2) is 20.0 Å². The van der Waals surface area contributed by atoms with E-state index in [4.69, 9.17) is 24.4 Å². The van der Waals surface area contributed by atoms with Crippen LogP contribution < -0.4 is 11.6 Å². The van der Waals surface area contributed by atoms with E-state index in [1.54, 1.807) is 0 Å². The molecule has 0 radical (unpaired) electrons. The number of aliphatic hydroxyl groups is 1. The number of aliphatic hydroxyl groups excluding tert-OH is 1. The lowest BCUT2D eigenvalue weighted by molar-refractivity contribution is -0.0580. The second-order valence-electron chi connectivity index (χ2n) is 6.42. The van der Waals surface area contributed by atoms with E-state index < -0.39 is 36.5 Å². The number of aromatic nitrogens is 4. The van der Waals surface area contributed by atoms with Gasteiger partial charge in [-0.25, -0.2) is 14.6 Å². The monoisotopic (exact) mass is 425 g/mol. The summed E-state index contributed by atoms with van der Waals surface area (Å²) in [4.78, 5) is 33.8. The van der Waals surface area contributed by atoms with Crippen LogP contribution in [0.2, 0.25) is 0 Å². The fraction of sp³-hybridized carbons (Fsp3) is 0.438. The van der Waals surface area contributed by atoms with Crippen molar-refractivity contribution in [3.63, 3.8) is 0 Å². The quantitative estimate of drug-likeness (QED) is 0.425. The second-order valence-corrected chi connectivity index (χ2v) is 6.42. The summed E-state index contributed by atoms with van der Waals surface area (Å²) in [7, 11) is 0. The minimum Gasteiger partial charge on any atom is -0.431 e. The average Bonchev–Trinajstić information content (AvgIpc) is 3.35. The molecule has 14 heteroatoms. The van der Waals surface area contributed by atoms with Crippen molar-refractivity contribution in [2.24, 2.45) is 0 Å². The molecule has 3 aromatic heterocycles. The number of hydrogen-bond donors (Lipinski definition) is 2. The predicted octanol–water partition coefficient (Wildman–Crippen LogP) is 0.404. The Morgan fingerprint density at radius 3 is 2.93 bits per heavy atom. The van der Waals surface area contributed by atoms with Crippen LogP contribution in [0.1, 0.15) is 24.2 Å². The number of nitrogen functional groups attached to an aromatic ring is 1. The lowest BCUT2D eigenvalue weighted by atomic mass is 10.2. The molecule has 4 rings (SSSR count). The van der Waals surface area contributed by atoms with E-state index in [-0.39, 0.29) is 48.1 Å². The van der Waals surface area contributed by atoms with Gasteiger partial charge in [0.2, 0.25) is 0 Å². The molecule has 0 aromatic carbocycles. The first kappa shape index (κ1) is 19.8. The van der Waals surface area contributed by atoms with E-state index in [9.17, 15) is 19.1 Å². The van der Waals surface area contributed by atoms with Gasteiger partial charge in [0.1, 0.15) is 18.9 Å². The van der Waals surface area contributed by atoms with Crippen LogP contribution in [-0.4, -0.2) is 49.6 Å². The van der Waals surface area contributed by atoms with Crippen molar-refractivity contribution in [2.45, 2.75) is 38.4 Å². The highest BCUT2D eigenvalue weighted by Crippen LogP contribution is 2.31. The molecule has 0 unspecified atom stereocenters. The van der Waals surface area contributed by atoms with E-state index >= 15 is 0 Å². The maximum atomic E-state index is 13.5. The van der Waals surface area contributed by atoms with Gasteiger partial charge in [0.25, 0.3) is 0 Å². The fourth-order valence-corrected chi connectivity index (χ4v) is 2.98. The lowest BCUT2D eigenvalue weighted by Crippen LogP contribution is -2.28. The largest absolute Gasteiger partial charge is 0.519 e. The van der Waals surface area contributed by atoms with Crippen LogP contribution in [0, 0.1) is 13.0 Å². The Bertz CT molecular complexity index is 1140. The summed E-state index contributed by atoms with van der Waals surface area (Å²) in [6.45, 7) is 0.797. The number of ether oxygens (including phenoxy) is 3. The molecule has 13 nitrogen and oxygen atoms in total. The van der Waals surface area contributed by atoms with Gasteiger partial charge < -0.3 is 33.9 Å². The number of fused-ring (bicyclic) bond motifs is 1. The number of anilines is 1. The number of aryl methyl sites for hydroxylation is 1. The number of nitrogens with two attached hydrogens (primary N) is 1. The summed E-state index contributed by atoms with van der Waals surface area (Å²) < 4.78 is 39.7. The number of hydrogen-bond acceptors (Lipinski definition) is 12. The summed E-state index contributed by atoms with van der Waals surface area (Å²) in [6.07, 6.45) is -3.24. The van der Waals surface area contributed by atoms with Crippen molar-refractivity contribution < 1.29 is 37.3 Å². The Kier molecular flexibility index (Phi) is 5.09.